The second kappa shape index (κ2) is 3.81. The number of nitrogens with one attached hydrogen (secondary N) is 1. The second-order valence-corrected chi connectivity index (χ2v) is 6.64. The summed E-state index contributed by atoms with van der Waals surface area (Å²) in [6.45, 7) is 1.86. The predicted molar refractivity (Wildman–Crippen MR) is 73.5 cm³/mol. The molecule has 0 unspecified atom stereocenters. The van der Waals surface area contributed by atoms with E-state index in [4.69, 9.17) is 0 Å². The molecule has 3 rings (SSSR count). The number of rotatable bonds is 0. The molecule has 3 nitrogen and oxygen atoms in total. The summed E-state index contributed by atoms with van der Waals surface area (Å²) in [5.41, 5.74) is 0.962. The van der Waals surface area contributed by atoms with Crippen molar-refractivity contribution in [3.8, 4) is 0 Å². The van der Waals surface area contributed by atoms with Gasteiger partial charge in [-0.3, -0.25) is 4.79 Å². The smallest absolute Gasteiger partial charge is 0.235 e. The molecule has 0 atom stereocenters. The fraction of sp³-hybridized carbons (Fsp3) is 0.500. The first-order valence-corrected chi connectivity index (χ1v) is 7.06. The van der Waals surface area contributed by atoms with Crippen molar-refractivity contribution in [2.24, 2.45) is 0 Å². The average Bonchev–Trinajstić information content (AvgIpc) is 2.55. The van der Waals surface area contributed by atoms with E-state index in [1.165, 1.54) is 0 Å². The minimum Gasteiger partial charge on any atom is -0.390 e. The van der Waals surface area contributed by atoms with E-state index < -0.39 is 11.0 Å². The van der Waals surface area contributed by atoms with E-state index in [9.17, 15) is 9.90 Å². The maximum atomic E-state index is 12.3. The number of carbonyl (C=O) groups is 1. The van der Waals surface area contributed by atoms with Gasteiger partial charge in [-0.15, -0.1) is 0 Å². The lowest BCUT2D eigenvalue weighted by Gasteiger charge is -2.39. The van der Waals surface area contributed by atoms with E-state index in [-0.39, 0.29) is 5.91 Å². The van der Waals surface area contributed by atoms with Crippen molar-refractivity contribution in [3.05, 3.63) is 28.2 Å². The molecule has 1 aliphatic carbocycles. The van der Waals surface area contributed by atoms with Gasteiger partial charge in [-0.05, 0) is 50.3 Å². The second-order valence-electron chi connectivity index (χ2n) is 5.72. The SMILES string of the molecule is CC1(O)CCC2(CC1)C(=O)Nc1cc(Br)ccc12. The Balaban J connectivity index is 2.02. The van der Waals surface area contributed by atoms with E-state index in [0.29, 0.717) is 12.8 Å². The number of benzene rings is 1. The zero-order valence-corrected chi connectivity index (χ0v) is 11.9. The predicted octanol–water partition coefficient (Wildman–Crippen LogP) is 2.96. The Bertz CT molecular complexity index is 515. The molecule has 1 aromatic carbocycles. The van der Waals surface area contributed by atoms with Gasteiger partial charge in [0.25, 0.3) is 0 Å². The van der Waals surface area contributed by atoms with Crippen molar-refractivity contribution in [1.29, 1.82) is 0 Å². The van der Waals surface area contributed by atoms with Crippen LogP contribution in [-0.4, -0.2) is 16.6 Å². The topological polar surface area (TPSA) is 49.3 Å². The summed E-state index contributed by atoms with van der Waals surface area (Å²) in [5, 5.41) is 13.0. The number of amides is 1. The summed E-state index contributed by atoms with van der Waals surface area (Å²) in [6.07, 6.45) is 2.80. The number of anilines is 1. The molecule has 1 aliphatic heterocycles. The number of aliphatic hydroxyl groups is 1. The first-order valence-electron chi connectivity index (χ1n) is 6.27. The summed E-state index contributed by atoms with van der Waals surface area (Å²) in [5.74, 6) is 0.0890. The van der Waals surface area contributed by atoms with E-state index in [2.05, 4.69) is 21.2 Å². The molecule has 0 bridgehead atoms. The number of hydrogen-bond donors (Lipinski definition) is 2. The molecule has 0 radical (unpaired) electrons. The molecule has 1 spiro atoms. The van der Waals surface area contributed by atoms with Crippen LogP contribution in [0.25, 0.3) is 0 Å². The van der Waals surface area contributed by atoms with E-state index in [1.54, 1.807) is 0 Å². The molecule has 1 amide bonds. The van der Waals surface area contributed by atoms with Gasteiger partial charge in [-0.2, -0.15) is 0 Å². The first-order chi connectivity index (χ1) is 8.43. The fourth-order valence-electron chi connectivity index (χ4n) is 3.11. The van der Waals surface area contributed by atoms with Gasteiger partial charge in [-0.1, -0.05) is 22.0 Å². The molecule has 1 fully saturated rings. The Labute approximate surface area is 115 Å². The highest BCUT2D eigenvalue weighted by Crippen LogP contribution is 2.49. The van der Waals surface area contributed by atoms with Crippen LogP contribution in [0.5, 0.6) is 0 Å². The summed E-state index contributed by atoms with van der Waals surface area (Å²) in [6, 6.07) is 5.96. The van der Waals surface area contributed by atoms with Crippen LogP contribution in [-0.2, 0) is 10.2 Å². The number of halogens is 1. The minimum atomic E-state index is -0.621. The highest BCUT2D eigenvalue weighted by atomic mass is 79.9. The monoisotopic (exact) mass is 309 g/mol. The van der Waals surface area contributed by atoms with Crippen LogP contribution in [0.15, 0.2) is 22.7 Å². The Morgan fingerprint density at radius 3 is 2.61 bits per heavy atom. The molecule has 2 N–H and O–H groups in total. The van der Waals surface area contributed by atoms with Crippen molar-refractivity contribution < 1.29 is 9.90 Å². The molecule has 0 saturated heterocycles. The van der Waals surface area contributed by atoms with Gasteiger partial charge in [-0.25, -0.2) is 0 Å². The van der Waals surface area contributed by atoms with E-state index in [1.807, 2.05) is 25.1 Å². The molecule has 1 aromatic rings. The van der Waals surface area contributed by atoms with Crippen LogP contribution in [0.3, 0.4) is 0 Å². The van der Waals surface area contributed by atoms with Crippen molar-refractivity contribution in [1.82, 2.24) is 0 Å². The molecule has 96 valence electrons. The summed E-state index contributed by atoms with van der Waals surface area (Å²) in [4.78, 5) is 12.3. The molecular formula is C14H16BrNO2. The van der Waals surface area contributed by atoms with Crippen LogP contribution >= 0.6 is 15.9 Å². The average molecular weight is 310 g/mol. The lowest BCUT2D eigenvalue weighted by atomic mass is 9.66. The van der Waals surface area contributed by atoms with Gasteiger partial charge >= 0.3 is 0 Å². The summed E-state index contributed by atoms with van der Waals surface area (Å²) in [7, 11) is 0. The van der Waals surface area contributed by atoms with Gasteiger partial charge in [0, 0.05) is 10.2 Å². The van der Waals surface area contributed by atoms with Gasteiger partial charge in [0.2, 0.25) is 5.91 Å². The van der Waals surface area contributed by atoms with Crippen LogP contribution in [0.4, 0.5) is 5.69 Å². The zero-order chi connectivity index (χ0) is 13.0. The molecule has 4 heteroatoms. The third kappa shape index (κ3) is 1.70. The fourth-order valence-corrected chi connectivity index (χ4v) is 3.47. The maximum absolute atomic E-state index is 12.3. The number of fused-ring (bicyclic) bond motifs is 2. The van der Waals surface area contributed by atoms with Crippen molar-refractivity contribution in [2.45, 2.75) is 43.6 Å². The molecule has 1 heterocycles. The quantitative estimate of drug-likeness (QED) is 0.774. The molecule has 1 saturated carbocycles. The van der Waals surface area contributed by atoms with E-state index in [0.717, 1.165) is 28.6 Å². The first kappa shape index (κ1) is 12.2. The van der Waals surface area contributed by atoms with Crippen molar-refractivity contribution in [2.75, 3.05) is 5.32 Å². The normalized spacial score (nSPS) is 34.5. The molecular weight excluding hydrogens is 294 g/mol. The Morgan fingerprint density at radius 1 is 1.28 bits per heavy atom. The van der Waals surface area contributed by atoms with Gasteiger partial charge in [0.1, 0.15) is 0 Å². The largest absolute Gasteiger partial charge is 0.390 e. The Kier molecular flexibility index (Phi) is 2.58. The lowest BCUT2D eigenvalue weighted by molar-refractivity contribution is -0.123. The van der Waals surface area contributed by atoms with Gasteiger partial charge in [0.05, 0.1) is 11.0 Å². The third-order valence-corrected chi connectivity index (χ3v) is 4.85. The van der Waals surface area contributed by atoms with Crippen LogP contribution in [0.1, 0.15) is 38.2 Å². The zero-order valence-electron chi connectivity index (χ0n) is 10.3. The number of hydrogen-bond acceptors (Lipinski definition) is 2. The Hall–Kier alpha value is -0.870. The molecule has 0 aromatic heterocycles. The minimum absolute atomic E-state index is 0.0890. The number of carbonyl (C=O) groups excluding carboxylic acids is 1. The van der Waals surface area contributed by atoms with Crippen LogP contribution in [0.2, 0.25) is 0 Å². The lowest BCUT2D eigenvalue weighted by Crippen LogP contribution is -2.43. The van der Waals surface area contributed by atoms with Gasteiger partial charge < -0.3 is 10.4 Å². The van der Waals surface area contributed by atoms with Crippen molar-refractivity contribution >= 4 is 27.5 Å². The highest BCUT2D eigenvalue weighted by molar-refractivity contribution is 9.10. The van der Waals surface area contributed by atoms with Crippen molar-refractivity contribution in [3.63, 3.8) is 0 Å². The third-order valence-electron chi connectivity index (χ3n) is 4.36. The molecule has 18 heavy (non-hydrogen) atoms. The van der Waals surface area contributed by atoms with Crippen LogP contribution < -0.4 is 5.32 Å². The maximum Gasteiger partial charge on any atom is 0.235 e. The van der Waals surface area contributed by atoms with Crippen LogP contribution in [0, 0.1) is 0 Å². The Morgan fingerprint density at radius 2 is 1.94 bits per heavy atom. The van der Waals surface area contributed by atoms with Gasteiger partial charge in [0.15, 0.2) is 0 Å². The summed E-state index contributed by atoms with van der Waals surface area (Å²) < 4.78 is 0.974. The highest BCUT2D eigenvalue weighted by Gasteiger charge is 2.50. The molecule has 2 aliphatic rings. The summed E-state index contributed by atoms with van der Waals surface area (Å²) >= 11 is 3.42. The van der Waals surface area contributed by atoms with E-state index >= 15 is 0 Å². The standard InChI is InChI=1S/C14H16BrNO2/c1-13(18)4-6-14(7-5-13)10-3-2-9(15)8-11(10)16-12(14)17/h2-3,8,18H,4-7H2,1H3,(H,16,17).